The van der Waals surface area contributed by atoms with Crippen molar-refractivity contribution in [2.75, 3.05) is 6.61 Å². The molecule has 178 valence electrons. The molecule has 0 aliphatic rings. The van der Waals surface area contributed by atoms with Crippen LogP contribution in [0.15, 0.2) is 12.2 Å². The van der Waals surface area contributed by atoms with Crippen LogP contribution in [0.3, 0.4) is 0 Å². The molecule has 0 aliphatic carbocycles. The van der Waals surface area contributed by atoms with Crippen LogP contribution in [0.4, 0.5) is 0 Å². The molecule has 4 nitrogen and oxygen atoms in total. The second-order valence-electron chi connectivity index (χ2n) is 8.91. The van der Waals surface area contributed by atoms with Crippen LogP contribution in [-0.2, 0) is 19.1 Å². The lowest BCUT2D eigenvalue weighted by molar-refractivity contribution is -0.147. The highest BCUT2D eigenvalue weighted by Gasteiger charge is 2.13. The largest absolute Gasteiger partial charge is 0.466 e. The van der Waals surface area contributed by atoms with E-state index >= 15 is 0 Å². The number of hydrogen-bond donors (Lipinski definition) is 0. The second-order valence-corrected chi connectivity index (χ2v) is 8.91. The Bertz CT molecular complexity index is 553. The van der Waals surface area contributed by atoms with E-state index in [-0.39, 0.29) is 18.0 Å². The van der Waals surface area contributed by atoms with E-state index in [0.29, 0.717) is 25.4 Å². The highest BCUT2D eigenvalue weighted by Crippen LogP contribution is 2.13. The number of esters is 2. The maximum Gasteiger partial charge on any atom is 0.307 e. The molecule has 4 heteroatoms. The van der Waals surface area contributed by atoms with Crippen LogP contribution in [0.5, 0.6) is 0 Å². The molecule has 0 N–H and O–H groups in total. The number of ether oxygens (including phenoxy) is 2. The van der Waals surface area contributed by atoms with Crippen molar-refractivity contribution in [2.45, 2.75) is 124 Å². The third-order valence-electron chi connectivity index (χ3n) is 4.93. The van der Waals surface area contributed by atoms with E-state index in [9.17, 15) is 9.59 Å². The zero-order chi connectivity index (χ0) is 23.3. The van der Waals surface area contributed by atoms with Crippen LogP contribution < -0.4 is 0 Å². The van der Waals surface area contributed by atoms with Crippen molar-refractivity contribution in [3.8, 4) is 11.8 Å². The van der Waals surface area contributed by atoms with Gasteiger partial charge in [0.15, 0.2) is 6.10 Å². The van der Waals surface area contributed by atoms with Gasteiger partial charge in [0.1, 0.15) is 0 Å². The number of carbonyl (C=O) groups is 2. The van der Waals surface area contributed by atoms with Gasteiger partial charge in [-0.15, -0.1) is 0 Å². The Balaban J connectivity index is 3.70. The van der Waals surface area contributed by atoms with Crippen molar-refractivity contribution in [3.63, 3.8) is 0 Å². The average Bonchev–Trinajstić information content (AvgIpc) is 2.70. The third-order valence-corrected chi connectivity index (χ3v) is 4.93. The highest BCUT2D eigenvalue weighted by molar-refractivity contribution is 5.70. The van der Waals surface area contributed by atoms with Gasteiger partial charge in [-0.2, -0.15) is 0 Å². The molecule has 0 aromatic heterocycles. The third kappa shape index (κ3) is 21.3. The predicted octanol–water partition coefficient (Wildman–Crippen LogP) is 7.16. The van der Waals surface area contributed by atoms with Gasteiger partial charge in [-0.25, -0.2) is 0 Å². The van der Waals surface area contributed by atoms with Crippen LogP contribution >= 0.6 is 0 Å². The Morgan fingerprint density at radius 1 is 0.839 bits per heavy atom. The minimum atomic E-state index is -0.347. The van der Waals surface area contributed by atoms with Crippen LogP contribution in [0.25, 0.3) is 0 Å². The quantitative estimate of drug-likeness (QED) is 0.130. The smallest absolute Gasteiger partial charge is 0.307 e. The van der Waals surface area contributed by atoms with E-state index < -0.39 is 0 Å². The number of unbranched alkanes of at least 4 members (excludes halogenated alkanes) is 9. The van der Waals surface area contributed by atoms with Crippen molar-refractivity contribution >= 4 is 11.9 Å². The van der Waals surface area contributed by atoms with E-state index in [1.807, 2.05) is 6.92 Å². The molecular weight excluding hydrogens is 388 g/mol. The fourth-order valence-electron chi connectivity index (χ4n) is 3.20. The summed E-state index contributed by atoms with van der Waals surface area (Å²) in [6.07, 6.45) is 13.1. The Morgan fingerprint density at radius 3 is 1.97 bits per heavy atom. The highest BCUT2D eigenvalue weighted by atomic mass is 16.5. The summed E-state index contributed by atoms with van der Waals surface area (Å²) in [5.74, 6) is 6.12. The second kappa shape index (κ2) is 20.2. The van der Waals surface area contributed by atoms with Gasteiger partial charge in [-0.05, 0) is 44.1 Å². The Labute approximate surface area is 191 Å². The number of rotatable bonds is 18. The fourth-order valence-corrected chi connectivity index (χ4v) is 3.20. The van der Waals surface area contributed by atoms with Gasteiger partial charge >= 0.3 is 11.9 Å². The summed E-state index contributed by atoms with van der Waals surface area (Å²) >= 11 is 0. The van der Waals surface area contributed by atoms with E-state index in [0.717, 1.165) is 63.4 Å². The molecule has 1 atom stereocenters. The van der Waals surface area contributed by atoms with Crippen molar-refractivity contribution in [1.29, 1.82) is 0 Å². The summed E-state index contributed by atoms with van der Waals surface area (Å²) in [4.78, 5) is 23.8. The Kier molecular flexibility index (Phi) is 19.0. The van der Waals surface area contributed by atoms with Crippen LogP contribution in [0.2, 0.25) is 0 Å². The molecule has 0 aliphatic heterocycles. The molecule has 0 heterocycles. The zero-order valence-electron chi connectivity index (χ0n) is 20.6. The lowest BCUT2D eigenvalue weighted by Crippen LogP contribution is -2.18. The molecule has 0 amide bonds. The molecule has 0 saturated heterocycles. The van der Waals surface area contributed by atoms with Crippen molar-refractivity contribution < 1.29 is 19.1 Å². The van der Waals surface area contributed by atoms with Crippen molar-refractivity contribution in [3.05, 3.63) is 12.2 Å². The first-order chi connectivity index (χ1) is 14.8. The molecule has 0 fully saturated rings. The number of hydrogen-bond acceptors (Lipinski definition) is 4. The Hall–Kier alpha value is -1.76. The van der Waals surface area contributed by atoms with Gasteiger partial charge in [-0.1, -0.05) is 90.6 Å². The van der Waals surface area contributed by atoms with Crippen LogP contribution in [0.1, 0.15) is 118 Å². The topological polar surface area (TPSA) is 52.6 Å². The lowest BCUT2D eigenvalue weighted by Gasteiger charge is -2.14. The summed E-state index contributed by atoms with van der Waals surface area (Å²) in [5.41, 5.74) is 0.778. The first-order valence-electron chi connectivity index (χ1n) is 12.4. The first kappa shape index (κ1) is 29.2. The lowest BCUT2D eigenvalue weighted by atomic mass is 10.1. The maximum atomic E-state index is 12.1. The minimum absolute atomic E-state index is 0.0658. The predicted molar refractivity (Wildman–Crippen MR) is 129 cm³/mol. The molecule has 0 bridgehead atoms. The summed E-state index contributed by atoms with van der Waals surface area (Å²) < 4.78 is 10.8. The standard InChI is InChI=1S/C27H46O4/c1-6-7-8-13-16-21-30-26(28)17-14-11-9-10-12-15-18-27(29)31-25(22-24(4)5)20-19-23(2)3/h24-25H,2,6-18,21-22H2,1,3-5H3. The van der Waals surface area contributed by atoms with Gasteiger partial charge < -0.3 is 9.47 Å². The van der Waals surface area contributed by atoms with Crippen LogP contribution in [0, 0.1) is 17.8 Å². The maximum absolute atomic E-state index is 12.1. The fraction of sp³-hybridized carbons (Fsp3) is 0.778. The summed E-state index contributed by atoms with van der Waals surface area (Å²) in [6.45, 7) is 12.6. The molecule has 0 radical (unpaired) electrons. The Morgan fingerprint density at radius 2 is 1.39 bits per heavy atom. The zero-order valence-corrected chi connectivity index (χ0v) is 20.6. The van der Waals surface area contributed by atoms with E-state index in [2.05, 4.69) is 39.2 Å². The SMILES string of the molecule is C=C(C)C#CC(CC(C)C)OC(=O)CCCCCCCCC(=O)OCCCCCCC. The van der Waals surface area contributed by atoms with Crippen LogP contribution in [-0.4, -0.2) is 24.6 Å². The number of allylic oxidation sites excluding steroid dienone is 1. The molecule has 0 rings (SSSR count). The molecule has 0 aromatic rings. The minimum Gasteiger partial charge on any atom is -0.466 e. The molecule has 0 saturated carbocycles. The first-order valence-corrected chi connectivity index (χ1v) is 12.4. The van der Waals surface area contributed by atoms with Gasteiger partial charge in [0, 0.05) is 12.8 Å². The van der Waals surface area contributed by atoms with Gasteiger partial charge in [0.05, 0.1) is 6.61 Å². The monoisotopic (exact) mass is 434 g/mol. The van der Waals surface area contributed by atoms with E-state index in [1.54, 1.807) is 0 Å². The number of carbonyl (C=O) groups excluding carboxylic acids is 2. The molecule has 0 aromatic carbocycles. The van der Waals surface area contributed by atoms with Crippen molar-refractivity contribution in [2.24, 2.45) is 5.92 Å². The average molecular weight is 435 g/mol. The summed E-state index contributed by atoms with van der Waals surface area (Å²) in [6, 6.07) is 0. The summed E-state index contributed by atoms with van der Waals surface area (Å²) in [7, 11) is 0. The van der Waals surface area contributed by atoms with Gasteiger partial charge in [0.25, 0.3) is 0 Å². The molecule has 1 unspecified atom stereocenters. The van der Waals surface area contributed by atoms with Gasteiger partial charge in [0.2, 0.25) is 0 Å². The molecule has 31 heavy (non-hydrogen) atoms. The van der Waals surface area contributed by atoms with Crippen molar-refractivity contribution in [1.82, 2.24) is 0 Å². The summed E-state index contributed by atoms with van der Waals surface area (Å²) in [5, 5.41) is 0. The normalized spacial score (nSPS) is 11.5. The molecule has 0 spiro atoms. The van der Waals surface area contributed by atoms with Gasteiger partial charge in [-0.3, -0.25) is 9.59 Å². The molecular formula is C27H46O4. The van der Waals surface area contributed by atoms with E-state index in [1.165, 1.54) is 19.3 Å². The van der Waals surface area contributed by atoms with E-state index in [4.69, 9.17) is 9.47 Å².